The molecule has 1 fully saturated rings. The predicted octanol–water partition coefficient (Wildman–Crippen LogP) is 5.45. The zero-order chi connectivity index (χ0) is 24.1. The van der Waals surface area contributed by atoms with Gasteiger partial charge in [0.1, 0.15) is 18.1 Å². The second-order valence-corrected chi connectivity index (χ2v) is 8.05. The van der Waals surface area contributed by atoms with E-state index in [2.05, 4.69) is 11.9 Å². The molecule has 1 unspecified atom stereocenters. The van der Waals surface area contributed by atoms with Crippen LogP contribution in [0, 0.1) is 6.92 Å². The van der Waals surface area contributed by atoms with Gasteiger partial charge in [0.25, 0.3) is 5.91 Å². The number of cyclic esters (lactones) is 1. The topological polar surface area (TPSA) is 91.1 Å². The van der Waals surface area contributed by atoms with Crippen LogP contribution in [0.3, 0.4) is 0 Å². The molecule has 178 valence electrons. The molecule has 1 atom stereocenters. The van der Waals surface area contributed by atoms with Crippen LogP contribution in [-0.2, 0) is 16.1 Å². The third-order valence-electron chi connectivity index (χ3n) is 5.68. The zero-order valence-electron chi connectivity index (χ0n) is 19.6. The van der Waals surface area contributed by atoms with Crippen LogP contribution in [0.4, 0.5) is 4.79 Å². The number of benzene rings is 2. The van der Waals surface area contributed by atoms with Crippen molar-refractivity contribution in [2.24, 2.45) is 0 Å². The van der Waals surface area contributed by atoms with Crippen LogP contribution >= 0.6 is 0 Å². The Balaban J connectivity index is 1.46. The summed E-state index contributed by atoms with van der Waals surface area (Å²) >= 11 is 0. The van der Waals surface area contributed by atoms with Crippen molar-refractivity contribution in [2.45, 2.75) is 45.8 Å². The van der Waals surface area contributed by atoms with Crippen molar-refractivity contribution in [1.29, 1.82) is 0 Å². The Morgan fingerprint density at radius 3 is 2.59 bits per heavy atom. The van der Waals surface area contributed by atoms with Gasteiger partial charge in [-0.25, -0.2) is 14.7 Å². The van der Waals surface area contributed by atoms with Crippen molar-refractivity contribution in [3.8, 4) is 23.0 Å². The molecule has 0 spiro atoms. The number of rotatable bonds is 10. The lowest BCUT2D eigenvalue weighted by Crippen LogP contribution is -2.30. The molecule has 8 nitrogen and oxygen atoms in total. The van der Waals surface area contributed by atoms with E-state index in [-0.39, 0.29) is 12.5 Å². The number of methoxy groups -OCH3 is 1. The molecule has 8 heteroatoms. The second kappa shape index (κ2) is 10.4. The van der Waals surface area contributed by atoms with Crippen molar-refractivity contribution in [3.05, 3.63) is 65.5 Å². The smallest absolute Gasteiger partial charge is 0.417 e. The summed E-state index contributed by atoms with van der Waals surface area (Å²) in [6.45, 7) is 4.45. The molecule has 0 saturated carbocycles. The summed E-state index contributed by atoms with van der Waals surface area (Å²) in [5, 5.41) is 0. The van der Waals surface area contributed by atoms with Gasteiger partial charge in [-0.3, -0.25) is 4.79 Å². The second-order valence-electron chi connectivity index (χ2n) is 8.05. The fourth-order valence-corrected chi connectivity index (χ4v) is 3.76. The van der Waals surface area contributed by atoms with Gasteiger partial charge in [0, 0.05) is 17.7 Å². The standard InChI is InChI=1S/C26H28N2O6/c1-4-5-9-14-28-25(29)23(34-26(28)30)19-12-13-21(22(15-19)31-3)32-16-20-17(2)33-24(27-20)18-10-7-6-8-11-18/h6-8,10-13,15,23H,4-5,9,14,16H2,1-3H3. The minimum Gasteiger partial charge on any atom is -0.493 e. The maximum absolute atomic E-state index is 12.8. The molecule has 3 aromatic rings. The van der Waals surface area contributed by atoms with Gasteiger partial charge in [0.2, 0.25) is 12.0 Å². The average Bonchev–Trinajstić information content (AvgIpc) is 3.37. The molecule has 0 radical (unpaired) electrons. The Morgan fingerprint density at radius 1 is 1.06 bits per heavy atom. The van der Waals surface area contributed by atoms with Crippen LogP contribution in [0.15, 0.2) is 52.9 Å². The van der Waals surface area contributed by atoms with Gasteiger partial charge >= 0.3 is 6.09 Å². The first-order valence-electron chi connectivity index (χ1n) is 11.4. The van der Waals surface area contributed by atoms with Crippen molar-refractivity contribution in [1.82, 2.24) is 9.88 Å². The number of aromatic nitrogens is 1. The fraction of sp³-hybridized carbons (Fsp3) is 0.346. The Labute approximate surface area is 198 Å². The highest BCUT2D eigenvalue weighted by Crippen LogP contribution is 2.35. The van der Waals surface area contributed by atoms with E-state index >= 15 is 0 Å². The molecule has 1 saturated heterocycles. The van der Waals surface area contributed by atoms with Crippen molar-refractivity contribution in [3.63, 3.8) is 0 Å². The number of carbonyl (C=O) groups is 2. The number of ether oxygens (including phenoxy) is 3. The molecule has 34 heavy (non-hydrogen) atoms. The number of unbranched alkanes of at least 4 members (excludes halogenated alkanes) is 2. The largest absolute Gasteiger partial charge is 0.493 e. The van der Waals surface area contributed by atoms with Gasteiger partial charge in [0.05, 0.1) is 7.11 Å². The summed E-state index contributed by atoms with van der Waals surface area (Å²) in [4.78, 5) is 30.7. The van der Waals surface area contributed by atoms with Crippen LogP contribution < -0.4 is 9.47 Å². The minimum absolute atomic E-state index is 0.181. The Morgan fingerprint density at radius 2 is 1.85 bits per heavy atom. The summed E-state index contributed by atoms with van der Waals surface area (Å²) < 4.78 is 22.6. The Bertz CT molecular complexity index is 1160. The van der Waals surface area contributed by atoms with Crippen LogP contribution in [0.1, 0.15) is 49.3 Å². The summed E-state index contributed by atoms with van der Waals surface area (Å²) in [6, 6.07) is 14.7. The fourth-order valence-electron chi connectivity index (χ4n) is 3.76. The lowest BCUT2D eigenvalue weighted by atomic mass is 10.1. The van der Waals surface area contributed by atoms with E-state index in [0.717, 1.165) is 24.8 Å². The number of oxazole rings is 1. The van der Waals surface area contributed by atoms with Gasteiger partial charge < -0.3 is 18.6 Å². The van der Waals surface area contributed by atoms with Crippen LogP contribution in [0.5, 0.6) is 11.5 Å². The van der Waals surface area contributed by atoms with Crippen molar-refractivity contribution >= 4 is 12.0 Å². The summed E-state index contributed by atoms with van der Waals surface area (Å²) in [5.74, 6) is 1.75. The van der Waals surface area contributed by atoms with Crippen LogP contribution in [-0.4, -0.2) is 35.5 Å². The minimum atomic E-state index is -0.983. The van der Waals surface area contributed by atoms with E-state index in [0.29, 0.717) is 41.0 Å². The third-order valence-corrected chi connectivity index (χ3v) is 5.68. The molecule has 4 rings (SSSR count). The number of hydrogen-bond donors (Lipinski definition) is 0. The number of imide groups is 1. The first-order chi connectivity index (χ1) is 16.5. The van der Waals surface area contributed by atoms with Crippen LogP contribution in [0.25, 0.3) is 11.5 Å². The summed E-state index contributed by atoms with van der Waals surface area (Å²) in [5.41, 5.74) is 2.09. The first-order valence-corrected chi connectivity index (χ1v) is 11.4. The summed E-state index contributed by atoms with van der Waals surface area (Å²) in [7, 11) is 1.51. The highest BCUT2D eigenvalue weighted by atomic mass is 16.6. The molecule has 0 aliphatic carbocycles. The normalized spacial score (nSPS) is 15.5. The quantitative estimate of drug-likeness (QED) is 0.369. The lowest BCUT2D eigenvalue weighted by molar-refractivity contribution is -0.129. The SMILES string of the molecule is CCCCCN1C(=O)OC(c2ccc(OCc3nc(-c4ccccc4)oc3C)c(OC)c2)C1=O. The van der Waals surface area contributed by atoms with Gasteiger partial charge in [0.15, 0.2) is 11.5 Å². The average molecular weight is 465 g/mol. The van der Waals surface area contributed by atoms with E-state index in [1.807, 2.05) is 37.3 Å². The first kappa shape index (κ1) is 23.4. The number of aryl methyl sites for hydroxylation is 1. The summed E-state index contributed by atoms with van der Waals surface area (Å²) in [6.07, 6.45) is 1.11. The molecule has 1 aliphatic heterocycles. The van der Waals surface area contributed by atoms with E-state index in [1.165, 1.54) is 12.0 Å². The highest BCUT2D eigenvalue weighted by molar-refractivity contribution is 6.00. The molecule has 2 aromatic carbocycles. The van der Waals surface area contributed by atoms with E-state index in [1.54, 1.807) is 18.2 Å². The molecule has 1 aliphatic rings. The number of amides is 2. The predicted molar refractivity (Wildman–Crippen MR) is 124 cm³/mol. The molecular formula is C26H28N2O6. The molecule has 2 heterocycles. The maximum Gasteiger partial charge on any atom is 0.417 e. The maximum atomic E-state index is 12.8. The van der Waals surface area contributed by atoms with Crippen molar-refractivity contribution < 1.29 is 28.2 Å². The molecule has 0 bridgehead atoms. The Kier molecular flexibility index (Phi) is 7.15. The zero-order valence-corrected chi connectivity index (χ0v) is 19.6. The van der Waals surface area contributed by atoms with E-state index < -0.39 is 12.2 Å². The molecule has 0 N–H and O–H groups in total. The number of nitrogens with zero attached hydrogens (tertiary/aromatic N) is 2. The van der Waals surface area contributed by atoms with Gasteiger partial charge in [-0.15, -0.1) is 0 Å². The van der Waals surface area contributed by atoms with Gasteiger partial charge in [-0.05, 0) is 37.6 Å². The van der Waals surface area contributed by atoms with Crippen molar-refractivity contribution in [2.75, 3.05) is 13.7 Å². The van der Waals surface area contributed by atoms with E-state index in [9.17, 15) is 9.59 Å². The van der Waals surface area contributed by atoms with Crippen LogP contribution in [0.2, 0.25) is 0 Å². The highest BCUT2D eigenvalue weighted by Gasteiger charge is 2.41. The lowest BCUT2D eigenvalue weighted by Gasteiger charge is -2.14. The third kappa shape index (κ3) is 4.90. The molecule has 1 aromatic heterocycles. The van der Waals surface area contributed by atoms with E-state index in [4.69, 9.17) is 18.6 Å². The van der Waals surface area contributed by atoms with Gasteiger partial charge in [-0.2, -0.15) is 0 Å². The van der Waals surface area contributed by atoms with Gasteiger partial charge in [-0.1, -0.05) is 44.0 Å². The number of hydrogen-bond acceptors (Lipinski definition) is 7. The number of carbonyl (C=O) groups excluding carboxylic acids is 2. The Hall–Kier alpha value is -3.81. The molecule has 2 amide bonds. The molecular weight excluding hydrogens is 436 g/mol. The monoisotopic (exact) mass is 464 g/mol.